The van der Waals surface area contributed by atoms with Crippen LogP contribution in [0.2, 0.25) is 0 Å². The third-order valence-electron chi connectivity index (χ3n) is 3.44. The van der Waals surface area contributed by atoms with Gasteiger partial charge in [0, 0.05) is 25.4 Å². The van der Waals surface area contributed by atoms with Gasteiger partial charge in [-0.1, -0.05) is 0 Å². The van der Waals surface area contributed by atoms with Crippen LogP contribution < -0.4 is 5.32 Å². The standard InChI is InChI=1S/C13H20N2O4/c16-11(2-1-3-12(17)18)14-13(19)15(10-6-7-10)8-9-4-5-9/h9-10H,1-8H2,(H,17,18)(H,14,16,19). The van der Waals surface area contributed by atoms with E-state index in [9.17, 15) is 14.4 Å². The van der Waals surface area contributed by atoms with Gasteiger partial charge in [0.2, 0.25) is 5.91 Å². The second kappa shape index (κ2) is 6.04. The van der Waals surface area contributed by atoms with Crippen molar-refractivity contribution in [2.45, 2.75) is 51.0 Å². The van der Waals surface area contributed by atoms with E-state index in [4.69, 9.17) is 5.11 Å². The molecule has 0 saturated heterocycles. The summed E-state index contributed by atoms with van der Waals surface area (Å²) >= 11 is 0. The number of urea groups is 1. The first-order valence-electron chi connectivity index (χ1n) is 6.88. The molecule has 0 spiro atoms. The molecule has 6 nitrogen and oxygen atoms in total. The number of carbonyl (C=O) groups excluding carboxylic acids is 2. The predicted octanol–water partition coefficient (Wildman–Crippen LogP) is 1.35. The van der Waals surface area contributed by atoms with Gasteiger partial charge in [0.15, 0.2) is 0 Å². The first-order valence-corrected chi connectivity index (χ1v) is 6.88. The van der Waals surface area contributed by atoms with Crippen molar-refractivity contribution < 1.29 is 19.5 Å². The van der Waals surface area contributed by atoms with E-state index < -0.39 is 5.97 Å². The maximum Gasteiger partial charge on any atom is 0.324 e. The van der Waals surface area contributed by atoms with Crippen LogP contribution >= 0.6 is 0 Å². The third kappa shape index (κ3) is 4.89. The second-order valence-corrected chi connectivity index (χ2v) is 5.43. The Hall–Kier alpha value is -1.59. The fraction of sp³-hybridized carbons (Fsp3) is 0.769. The number of hydrogen-bond acceptors (Lipinski definition) is 3. The lowest BCUT2D eigenvalue weighted by atomic mass is 10.2. The molecule has 2 N–H and O–H groups in total. The largest absolute Gasteiger partial charge is 0.481 e. The summed E-state index contributed by atoms with van der Waals surface area (Å²) in [6, 6.07) is -0.0119. The molecular formula is C13H20N2O4. The SMILES string of the molecule is O=C(O)CCCC(=O)NC(=O)N(CC1CC1)C1CC1. The van der Waals surface area contributed by atoms with Crippen molar-refractivity contribution in [2.24, 2.45) is 5.92 Å². The van der Waals surface area contributed by atoms with Gasteiger partial charge in [-0.15, -0.1) is 0 Å². The zero-order valence-corrected chi connectivity index (χ0v) is 10.9. The number of nitrogens with zero attached hydrogens (tertiary/aromatic N) is 1. The number of aliphatic carboxylic acids is 1. The molecule has 2 rings (SSSR count). The van der Waals surface area contributed by atoms with Crippen LogP contribution in [0, 0.1) is 5.92 Å². The molecule has 2 fully saturated rings. The Kier molecular flexibility index (Phi) is 4.39. The fourth-order valence-corrected chi connectivity index (χ4v) is 2.02. The topological polar surface area (TPSA) is 86.7 Å². The van der Waals surface area contributed by atoms with Crippen LogP contribution in [-0.2, 0) is 9.59 Å². The normalized spacial score (nSPS) is 17.9. The summed E-state index contributed by atoms with van der Waals surface area (Å²) in [5.74, 6) is -0.700. The van der Waals surface area contributed by atoms with Gasteiger partial charge >= 0.3 is 12.0 Å². The first-order chi connectivity index (χ1) is 9.06. The van der Waals surface area contributed by atoms with Crippen LogP contribution in [0.3, 0.4) is 0 Å². The van der Waals surface area contributed by atoms with E-state index >= 15 is 0 Å². The maximum absolute atomic E-state index is 12.0. The smallest absolute Gasteiger partial charge is 0.324 e. The van der Waals surface area contributed by atoms with Gasteiger partial charge in [0.05, 0.1) is 0 Å². The molecule has 0 heterocycles. The summed E-state index contributed by atoms with van der Waals surface area (Å²) in [7, 11) is 0. The van der Waals surface area contributed by atoms with Crippen molar-refractivity contribution in [3.8, 4) is 0 Å². The number of amides is 3. The Labute approximate surface area is 112 Å². The number of rotatable bonds is 7. The van der Waals surface area contributed by atoms with Crippen LogP contribution in [0.25, 0.3) is 0 Å². The van der Waals surface area contributed by atoms with Crippen LogP contribution in [-0.4, -0.2) is 40.5 Å². The number of carbonyl (C=O) groups is 3. The quantitative estimate of drug-likeness (QED) is 0.729. The molecule has 0 aromatic heterocycles. The summed E-state index contributed by atoms with van der Waals surface area (Å²) in [6.45, 7) is 0.749. The molecule has 6 heteroatoms. The van der Waals surface area contributed by atoms with E-state index in [0.29, 0.717) is 12.0 Å². The number of hydrogen-bond donors (Lipinski definition) is 2. The van der Waals surface area contributed by atoms with Gasteiger partial charge in [0.1, 0.15) is 0 Å². The molecule has 2 aliphatic rings. The molecular weight excluding hydrogens is 248 g/mol. The average molecular weight is 268 g/mol. The van der Waals surface area contributed by atoms with Gasteiger partial charge < -0.3 is 10.0 Å². The van der Waals surface area contributed by atoms with Crippen LogP contribution in [0.15, 0.2) is 0 Å². The van der Waals surface area contributed by atoms with E-state index in [1.54, 1.807) is 4.90 Å². The summed E-state index contributed by atoms with van der Waals surface area (Å²) < 4.78 is 0. The fourth-order valence-electron chi connectivity index (χ4n) is 2.02. The predicted molar refractivity (Wildman–Crippen MR) is 67.5 cm³/mol. The van der Waals surface area contributed by atoms with Gasteiger partial charge in [-0.25, -0.2) is 4.79 Å². The van der Waals surface area contributed by atoms with Crippen LogP contribution in [0.1, 0.15) is 44.9 Å². The monoisotopic (exact) mass is 268 g/mol. The molecule has 106 valence electrons. The minimum Gasteiger partial charge on any atom is -0.481 e. The molecule has 0 aromatic carbocycles. The molecule has 0 atom stereocenters. The molecule has 2 aliphatic carbocycles. The van der Waals surface area contributed by atoms with Crippen molar-refractivity contribution in [2.75, 3.05) is 6.54 Å². The maximum atomic E-state index is 12.0. The molecule has 0 aromatic rings. The third-order valence-corrected chi connectivity index (χ3v) is 3.44. The number of imide groups is 1. The highest BCUT2D eigenvalue weighted by molar-refractivity contribution is 5.94. The Morgan fingerprint density at radius 3 is 2.32 bits per heavy atom. The first kappa shape index (κ1) is 13.8. The van der Waals surface area contributed by atoms with E-state index in [1.165, 1.54) is 12.8 Å². The van der Waals surface area contributed by atoms with Gasteiger partial charge in [-0.2, -0.15) is 0 Å². The Bertz CT molecular complexity index is 375. The summed E-state index contributed by atoms with van der Waals surface area (Å²) in [5.41, 5.74) is 0. The zero-order chi connectivity index (χ0) is 13.8. The molecule has 19 heavy (non-hydrogen) atoms. The minimum absolute atomic E-state index is 0.0456. The van der Waals surface area contributed by atoms with Crippen molar-refractivity contribution in [1.29, 1.82) is 0 Å². The lowest BCUT2D eigenvalue weighted by Gasteiger charge is -2.22. The van der Waals surface area contributed by atoms with Crippen molar-refractivity contribution in [1.82, 2.24) is 10.2 Å². The van der Waals surface area contributed by atoms with E-state index in [2.05, 4.69) is 5.32 Å². The second-order valence-electron chi connectivity index (χ2n) is 5.43. The highest BCUT2D eigenvalue weighted by atomic mass is 16.4. The Morgan fingerprint density at radius 1 is 1.11 bits per heavy atom. The lowest BCUT2D eigenvalue weighted by Crippen LogP contribution is -2.44. The van der Waals surface area contributed by atoms with E-state index in [-0.39, 0.29) is 31.2 Å². The summed E-state index contributed by atoms with van der Waals surface area (Å²) in [4.78, 5) is 35.6. The van der Waals surface area contributed by atoms with Gasteiger partial charge in [0.25, 0.3) is 0 Å². The van der Waals surface area contributed by atoms with Gasteiger partial charge in [-0.05, 0) is 38.0 Å². The zero-order valence-electron chi connectivity index (χ0n) is 10.9. The minimum atomic E-state index is -0.924. The molecule has 0 unspecified atom stereocenters. The van der Waals surface area contributed by atoms with E-state index in [0.717, 1.165) is 19.4 Å². The summed E-state index contributed by atoms with van der Waals surface area (Å²) in [5, 5.41) is 10.8. The lowest BCUT2D eigenvalue weighted by molar-refractivity contribution is -0.137. The summed E-state index contributed by atoms with van der Waals surface area (Å²) in [6.07, 6.45) is 4.68. The van der Waals surface area contributed by atoms with E-state index in [1.807, 2.05) is 0 Å². The van der Waals surface area contributed by atoms with Crippen LogP contribution in [0.4, 0.5) is 4.79 Å². The van der Waals surface area contributed by atoms with Crippen LogP contribution in [0.5, 0.6) is 0 Å². The highest BCUT2D eigenvalue weighted by Crippen LogP contribution is 2.34. The number of nitrogens with one attached hydrogen (secondary N) is 1. The highest BCUT2D eigenvalue weighted by Gasteiger charge is 2.36. The van der Waals surface area contributed by atoms with Crippen molar-refractivity contribution >= 4 is 17.9 Å². The molecule has 0 aliphatic heterocycles. The number of carboxylic acids is 1. The molecule has 0 radical (unpaired) electrons. The van der Waals surface area contributed by atoms with Crippen molar-refractivity contribution in [3.63, 3.8) is 0 Å². The molecule has 0 bridgehead atoms. The Morgan fingerprint density at radius 2 is 1.79 bits per heavy atom. The molecule has 3 amide bonds. The average Bonchev–Trinajstić information content (AvgIpc) is 3.18. The van der Waals surface area contributed by atoms with Crippen molar-refractivity contribution in [3.05, 3.63) is 0 Å². The molecule has 2 saturated carbocycles. The number of carboxylic acid groups (broad SMARTS) is 1. The Balaban J connectivity index is 1.71. The van der Waals surface area contributed by atoms with Gasteiger partial charge in [-0.3, -0.25) is 14.9 Å².